The lowest BCUT2D eigenvalue weighted by atomic mass is 9.98. The summed E-state index contributed by atoms with van der Waals surface area (Å²) in [5.41, 5.74) is 0.683. The number of fused-ring (bicyclic) bond motifs is 6. The molecule has 1 aliphatic rings. The van der Waals surface area contributed by atoms with Crippen LogP contribution < -0.4 is 9.46 Å². The van der Waals surface area contributed by atoms with Gasteiger partial charge in [-0.15, -0.1) is 0 Å². The Kier molecular flexibility index (Phi) is 6.03. The lowest BCUT2D eigenvalue weighted by Crippen LogP contribution is -2.13. The highest BCUT2D eigenvalue weighted by Crippen LogP contribution is 2.38. The Morgan fingerprint density at radius 3 is 2.62 bits per heavy atom. The SMILES string of the molecule is Cc1cccc2c1-c1cc(c(F)cc1F)NS(=O)c1cc(cc(Cl)c1O)C(=O)OCCO2. The predicted molar refractivity (Wildman–Crippen MR) is 115 cm³/mol. The number of phenols is 1. The van der Waals surface area contributed by atoms with E-state index >= 15 is 0 Å². The minimum atomic E-state index is -2.25. The van der Waals surface area contributed by atoms with E-state index in [9.17, 15) is 22.9 Å². The van der Waals surface area contributed by atoms with Crippen LogP contribution in [0.1, 0.15) is 15.9 Å². The molecule has 0 saturated heterocycles. The maximum Gasteiger partial charge on any atom is 0.338 e. The first-order chi connectivity index (χ1) is 15.3. The molecule has 0 aliphatic carbocycles. The van der Waals surface area contributed by atoms with Crippen molar-refractivity contribution in [2.24, 2.45) is 0 Å². The Balaban J connectivity index is 1.90. The molecule has 1 heterocycles. The van der Waals surface area contributed by atoms with Crippen molar-refractivity contribution in [3.05, 3.63) is 70.2 Å². The second-order valence-corrected chi connectivity index (χ2v) is 8.51. The van der Waals surface area contributed by atoms with Crippen LogP contribution in [0.25, 0.3) is 11.1 Å². The van der Waals surface area contributed by atoms with Crippen LogP contribution in [-0.2, 0) is 15.7 Å². The van der Waals surface area contributed by atoms with Gasteiger partial charge < -0.3 is 14.6 Å². The summed E-state index contributed by atoms with van der Waals surface area (Å²) < 4.78 is 55.5. The fourth-order valence-corrected chi connectivity index (χ4v) is 4.54. The largest absolute Gasteiger partial charge is 0.505 e. The van der Waals surface area contributed by atoms with E-state index < -0.39 is 34.3 Å². The number of hydrogen-bond donors (Lipinski definition) is 2. The van der Waals surface area contributed by atoms with Gasteiger partial charge in [0.25, 0.3) is 0 Å². The molecule has 0 amide bonds. The number of aryl methyl sites for hydroxylation is 1. The molecule has 0 aromatic heterocycles. The number of carbonyl (C=O) groups excluding carboxylic acids is 1. The quantitative estimate of drug-likeness (QED) is 0.444. The third-order valence-electron chi connectivity index (χ3n) is 4.80. The number of aromatic hydroxyl groups is 1. The topological polar surface area (TPSA) is 84.9 Å². The van der Waals surface area contributed by atoms with Crippen molar-refractivity contribution < 1.29 is 32.4 Å². The van der Waals surface area contributed by atoms with Gasteiger partial charge in [0, 0.05) is 17.2 Å². The molecule has 0 radical (unpaired) electrons. The molecule has 3 aromatic carbocycles. The van der Waals surface area contributed by atoms with Gasteiger partial charge in [-0.05, 0) is 36.8 Å². The van der Waals surface area contributed by atoms with Crippen molar-refractivity contribution in [2.45, 2.75) is 11.8 Å². The van der Waals surface area contributed by atoms with Crippen molar-refractivity contribution in [1.29, 1.82) is 0 Å². The Morgan fingerprint density at radius 2 is 1.84 bits per heavy atom. The van der Waals surface area contributed by atoms with Crippen LogP contribution in [0, 0.1) is 18.6 Å². The first-order valence-corrected chi connectivity index (χ1v) is 10.9. The predicted octanol–water partition coefficient (Wildman–Crippen LogP) is 4.98. The van der Waals surface area contributed by atoms with Crippen LogP contribution in [-0.4, -0.2) is 28.5 Å². The Bertz CT molecular complexity index is 1270. The van der Waals surface area contributed by atoms with E-state index in [1.807, 2.05) is 0 Å². The van der Waals surface area contributed by atoms with Gasteiger partial charge in [0.1, 0.15) is 35.5 Å². The highest BCUT2D eigenvalue weighted by Gasteiger charge is 2.22. The summed E-state index contributed by atoms with van der Waals surface area (Å²) in [4.78, 5) is 12.1. The maximum atomic E-state index is 14.8. The number of esters is 1. The van der Waals surface area contributed by atoms with Crippen molar-refractivity contribution in [1.82, 2.24) is 0 Å². The summed E-state index contributed by atoms with van der Waals surface area (Å²) in [7, 11) is -2.25. The van der Waals surface area contributed by atoms with E-state index in [0.29, 0.717) is 22.9 Å². The summed E-state index contributed by atoms with van der Waals surface area (Å²) in [5, 5.41) is 9.99. The second kappa shape index (κ2) is 8.76. The van der Waals surface area contributed by atoms with E-state index in [1.54, 1.807) is 25.1 Å². The molecule has 166 valence electrons. The number of rotatable bonds is 0. The summed E-state index contributed by atoms with van der Waals surface area (Å²) in [6.07, 6.45) is 0. The lowest BCUT2D eigenvalue weighted by Gasteiger charge is -2.16. The summed E-state index contributed by atoms with van der Waals surface area (Å²) in [6, 6.07) is 9.16. The zero-order valence-corrected chi connectivity index (χ0v) is 18.2. The molecule has 32 heavy (non-hydrogen) atoms. The van der Waals surface area contributed by atoms with Gasteiger partial charge >= 0.3 is 5.97 Å². The van der Waals surface area contributed by atoms with Gasteiger partial charge in [0.15, 0.2) is 16.7 Å². The minimum absolute atomic E-state index is 0.0156. The average Bonchev–Trinajstić information content (AvgIpc) is 2.75. The molecule has 0 fully saturated rings. The van der Waals surface area contributed by atoms with Gasteiger partial charge in [-0.25, -0.2) is 17.8 Å². The summed E-state index contributed by atoms with van der Waals surface area (Å²) in [5.74, 6) is -2.88. The zero-order valence-electron chi connectivity index (χ0n) is 16.6. The van der Waals surface area contributed by atoms with Crippen molar-refractivity contribution in [3.63, 3.8) is 0 Å². The molecule has 6 nitrogen and oxygen atoms in total. The molecule has 2 N–H and O–H groups in total. The van der Waals surface area contributed by atoms with Crippen LogP contribution in [0.4, 0.5) is 14.5 Å². The Labute approximate surface area is 189 Å². The number of ether oxygens (including phenoxy) is 2. The average molecular weight is 480 g/mol. The Morgan fingerprint density at radius 1 is 1.09 bits per heavy atom. The summed E-state index contributed by atoms with van der Waals surface area (Å²) >= 11 is 5.97. The maximum absolute atomic E-state index is 14.8. The van der Waals surface area contributed by atoms with Crippen molar-refractivity contribution in [2.75, 3.05) is 17.9 Å². The molecular formula is C22H16ClF2NO5S. The van der Waals surface area contributed by atoms with Gasteiger partial charge in [0.2, 0.25) is 0 Å². The molecule has 4 bridgehead atoms. The smallest absolute Gasteiger partial charge is 0.338 e. The molecule has 1 unspecified atom stereocenters. The minimum Gasteiger partial charge on any atom is -0.505 e. The molecule has 0 spiro atoms. The van der Waals surface area contributed by atoms with E-state index in [0.717, 1.165) is 12.1 Å². The van der Waals surface area contributed by atoms with Gasteiger partial charge in [-0.1, -0.05) is 23.7 Å². The third kappa shape index (κ3) is 4.13. The highest BCUT2D eigenvalue weighted by molar-refractivity contribution is 7.86. The normalized spacial score (nSPS) is 16.0. The molecule has 10 heteroatoms. The Hall–Kier alpha value is -3.17. The van der Waals surface area contributed by atoms with E-state index in [-0.39, 0.29) is 39.9 Å². The van der Waals surface area contributed by atoms with Crippen LogP contribution in [0.5, 0.6) is 11.5 Å². The van der Waals surface area contributed by atoms with Gasteiger partial charge in [-0.2, -0.15) is 0 Å². The number of benzene rings is 3. The zero-order chi connectivity index (χ0) is 23.0. The summed E-state index contributed by atoms with van der Waals surface area (Å²) in [6.45, 7) is 1.55. The molecule has 1 atom stereocenters. The first kappa shape index (κ1) is 22.0. The van der Waals surface area contributed by atoms with Gasteiger partial charge in [0.05, 0.1) is 16.3 Å². The van der Waals surface area contributed by atoms with Crippen LogP contribution in [0.15, 0.2) is 47.4 Å². The fourth-order valence-electron chi connectivity index (χ4n) is 3.28. The second-order valence-electron chi connectivity index (χ2n) is 6.92. The monoisotopic (exact) mass is 479 g/mol. The number of carbonyl (C=O) groups is 1. The van der Waals surface area contributed by atoms with E-state index in [4.69, 9.17) is 21.1 Å². The lowest BCUT2D eigenvalue weighted by molar-refractivity contribution is 0.0450. The molecular weight excluding hydrogens is 464 g/mol. The van der Waals surface area contributed by atoms with Crippen LogP contribution in [0.2, 0.25) is 5.02 Å². The van der Waals surface area contributed by atoms with Crippen LogP contribution >= 0.6 is 11.6 Å². The van der Waals surface area contributed by atoms with E-state index in [2.05, 4.69) is 4.72 Å². The molecule has 1 aliphatic heterocycles. The highest BCUT2D eigenvalue weighted by atomic mass is 35.5. The van der Waals surface area contributed by atoms with Crippen molar-refractivity contribution >= 4 is 34.2 Å². The van der Waals surface area contributed by atoms with Crippen LogP contribution in [0.3, 0.4) is 0 Å². The number of cyclic esters (lactones) is 1. The van der Waals surface area contributed by atoms with Crippen molar-refractivity contribution in [3.8, 4) is 22.6 Å². The number of halogens is 3. The number of nitrogens with one attached hydrogen (secondary N) is 1. The number of hydrogen-bond acceptors (Lipinski definition) is 5. The third-order valence-corrected chi connectivity index (χ3v) is 6.21. The fraction of sp³-hybridized carbons (Fsp3) is 0.136. The molecule has 0 saturated carbocycles. The number of phenolic OH excluding ortho intramolecular Hbond substituents is 1. The molecule has 4 rings (SSSR count). The first-order valence-electron chi connectivity index (χ1n) is 9.36. The number of anilines is 1. The molecule has 3 aromatic rings. The van der Waals surface area contributed by atoms with E-state index in [1.165, 1.54) is 6.07 Å². The van der Waals surface area contributed by atoms with Gasteiger partial charge in [-0.3, -0.25) is 4.72 Å². The standard InChI is InChI=1S/C22H16ClF2NO5S/c1-11-3-2-4-18-20(11)13-9-17(16(25)10-15(13)24)26-32(29)19-8-12(7-14(23)21(19)27)22(28)31-6-5-30-18/h2-4,7-10,26-27H,5-6H2,1H3.